The van der Waals surface area contributed by atoms with Gasteiger partial charge in [0.1, 0.15) is 5.82 Å². The SMILES string of the molecule is CCc1nn(C)c(CC)c1-c1cc(F)ccc1CNC. The van der Waals surface area contributed by atoms with Crippen LogP contribution in [0.5, 0.6) is 0 Å². The second-order valence-electron chi connectivity index (χ2n) is 4.93. The Hall–Kier alpha value is -1.68. The molecule has 0 amide bonds. The van der Waals surface area contributed by atoms with E-state index < -0.39 is 0 Å². The number of hydrogen-bond donors (Lipinski definition) is 1. The Morgan fingerprint density at radius 1 is 1.25 bits per heavy atom. The largest absolute Gasteiger partial charge is 0.316 e. The van der Waals surface area contributed by atoms with Gasteiger partial charge in [0.15, 0.2) is 0 Å². The van der Waals surface area contributed by atoms with Crippen molar-refractivity contribution in [3.05, 3.63) is 41.0 Å². The standard InChI is InChI=1S/C16H22FN3/c1-5-14-16(15(6-2)20(4)19-14)13-9-12(17)8-7-11(13)10-18-3/h7-9,18H,5-6,10H2,1-4H3. The Balaban J connectivity index is 2.69. The number of benzene rings is 1. The minimum Gasteiger partial charge on any atom is -0.316 e. The Labute approximate surface area is 119 Å². The molecular weight excluding hydrogens is 253 g/mol. The van der Waals surface area contributed by atoms with Crippen LogP contribution in [0.4, 0.5) is 4.39 Å². The fourth-order valence-corrected chi connectivity index (χ4v) is 2.71. The zero-order valence-electron chi connectivity index (χ0n) is 12.6. The lowest BCUT2D eigenvalue weighted by molar-refractivity contribution is 0.627. The molecule has 0 aliphatic rings. The van der Waals surface area contributed by atoms with E-state index in [9.17, 15) is 4.39 Å². The van der Waals surface area contributed by atoms with E-state index in [2.05, 4.69) is 24.3 Å². The topological polar surface area (TPSA) is 29.9 Å². The van der Waals surface area contributed by atoms with Gasteiger partial charge in [-0.3, -0.25) is 4.68 Å². The summed E-state index contributed by atoms with van der Waals surface area (Å²) in [6, 6.07) is 5.00. The summed E-state index contributed by atoms with van der Waals surface area (Å²) in [7, 11) is 3.86. The van der Waals surface area contributed by atoms with Gasteiger partial charge in [0.2, 0.25) is 0 Å². The summed E-state index contributed by atoms with van der Waals surface area (Å²) in [5.74, 6) is -0.201. The minimum absolute atomic E-state index is 0.201. The van der Waals surface area contributed by atoms with Crippen LogP contribution >= 0.6 is 0 Å². The molecule has 0 aliphatic heterocycles. The summed E-state index contributed by atoms with van der Waals surface area (Å²) < 4.78 is 15.6. The van der Waals surface area contributed by atoms with Crippen molar-refractivity contribution in [2.24, 2.45) is 7.05 Å². The average Bonchev–Trinajstić information content (AvgIpc) is 2.76. The molecule has 2 aromatic rings. The molecule has 0 spiro atoms. The van der Waals surface area contributed by atoms with Crippen molar-refractivity contribution in [2.45, 2.75) is 33.2 Å². The number of hydrogen-bond acceptors (Lipinski definition) is 2. The molecule has 20 heavy (non-hydrogen) atoms. The maximum atomic E-state index is 13.7. The van der Waals surface area contributed by atoms with Crippen molar-refractivity contribution in [3.63, 3.8) is 0 Å². The zero-order chi connectivity index (χ0) is 14.7. The third-order valence-corrected chi connectivity index (χ3v) is 3.62. The Morgan fingerprint density at radius 2 is 2.00 bits per heavy atom. The van der Waals surface area contributed by atoms with Gasteiger partial charge >= 0.3 is 0 Å². The van der Waals surface area contributed by atoms with E-state index in [0.717, 1.165) is 47.5 Å². The molecule has 0 radical (unpaired) electrons. The molecule has 3 nitrogen and oxygen atoms in total. The lowest BCUT2D eigenvalue weighted by Crippen LogP contribution is -2.07. The molecule has 0 saturated heterocycles. The minimum atomic E-state index is -0.201. The fraction of sp³-hybridized carbons (Fsp3) is 0.438. The first kappa shape index (κ1) is 14.7. The van der Waals surface area contributed by atoms with Crippen LogP contribution < -0.4 is 5.32 Å². The Bertz CT molecular complexity index is 602. The molecule has 0 unspecified atom stereocenters. The maximum absolute atomic E-state index is 13.7. The summed E-state index contributed by atoms with van der Waals surface area (Å²) in [5.41, 5.74) is 5.35. The molecule has 0 bridgehead atoms. The molecule has 1 aromatic heterocycles. The molecule has 108 valence electrons. The smallest absolute Gasteiger partial charge is 0.123 e. The number of nitrogens with zero attached hydrogens (tertiary/aromatic N) is 2. The Morgan fingerprint density at radius 3 is 2.60 bits per heavy atom. The summed E-state index contributed by atoms with van der Waals surface area (Å²) in [6.07, 6.45) is 1.73. The van der Waals surface area contributed by atoms with E-state index in [1.54, 1.807) is 6.07 Å². The van der Waals surface area contributed by atoms with Gasteiger partial charge in [0.05, 0.1) is 5.69 Å². The second kappa shape index (κ2) is 6.18. The third-order valence-electron chi connectivity index (χ3n) is 3.62. The number of aryl methyl sites for hydroxylation is 2. The molecular formula is C16H22FN3. The average molecular weight is 275 g/mol. The Kier molecular flexibility index (Phi) is 4.55. The molecule has 0 fully saturated rings. The maximum Gasteiger partial charge on any atom is 0.123 e. The monoisotopic (exact) mass is 275 g/mol. The molecule has 0 saturated carbocycles. The van der Waals surface area contributed by atoms with Crippen LogP contribution in [0.1, 0.15) is 30.8 Å². The molecule has 4 heteroatoms. The van der Waals surface area contributed by atoms with Gasteiger partial charge in [-0.05, 0) is 43.1 Å². The van der Waals surface area contributed by atoms with Crippen LogP contribution in [-0.4, -0.2) is 16.8 Å². The van der Waals surface area contributed by atoms with Crippen molar-refractivity contribution in [3.8, 4) is 11.1 Å². The lowest BCUT2D eigenvalue weighted by atomic mass is 9.95. The summed E-state index contributed by atoms with van der Waals surface area (Å²) in [5, 5.41) is 7.73. The van der Waals surface area contributed by atoms with E-state index in [1.807, 2.05) is 24.8 Å². The van der Waals surface area contributed by atoms with Crippen LogP contribution in [0.2, 0.25) is 0 Å². The van der Waals surface area contributed by atoms with Crippen molar-refractivity contribution in [1.82, 2.24) is 15.1 Å². The molecule has 1 heterocycles. The van der Waals surface area contributed by atoms with Gasteiger partial charge in [-0.15, -0.1) is 0 Å². The molecule has 2 rings (SSSR count). The summed E-state index contributed by atoms with van der Waals surface area (Å²) in [4.78, 5) is 0. The zero-order valence-corrected chi connectivity index (χ0v) is 12.6. The first-order chi connectivity index (χ1) is 9.62. The van der Waals surface area contributed by atoms with E-state index in [4.69, 9.17) is 0 Å². The number of nitrogens with one attached hydrogen (secondary N) is 1. The van der Waals surface area contributed by atoms with Crippen LogP contribution in [0.25, 0.3) is 11.1 Å². The highest BCUT2D eigenvalue weighted by Crippen LogP contribution is 2.31. The fourth-order valence-electron chi connectivity index (χ4n) is 2.71. The van der Waals surface area contributed by atoms with Crippen LogP contribution in [0.15, 0.2) is 18.2 Å². The normalized spacial score (nSPS) is 11.1. The second-order valence-corrected chi connectivity index (χ2v) is 4.93. The predicted octanol–water partition coefficient (Wildman–Crippen LogP) is 3.07. The van der Waals surface area contributed by atoms with E-state index >= 15 is 0 Å². The van der Waals surface area contributed by atoms with E-state index in [0.29, 0.717) is 0 Å². The highest BCUT2D eigenvalue weighted by atomic mass is 19.1. The molecule has 0 aliphatic carbocycles. The third kappa shape index (κ3) is 2.61. The molecule has 1 N–H and O–H groups in total. The molecule has 1 aromatic carbocycles. The van der Waals surface area contributed by atoms with Gasteiger partial charge in [0, 0.05) is 24.8 Å². The van der Waals surface area contributed by atoms with Gasteiger partial charge in [-0.1, -0.05) is 19.9 Å². The summed E-state index contributed by atoms with van der Waals surface area (Å²) in [6.45, 7) is 4.91. The van der Waals surface area contributed by atoms with Crippen LogP contribution in [-0.2, 0) is 26.4 Å². The first-order valence-electron chi connectivity index (χ1n) is 7.10. The van der Waals surface area contributed by atoms with Crippen molar-refractivity contribution >= 4 is 0 Å². The molecule has 0 atom stereocenters. The van der Waals surface area contributed by atoms with Crippen molar-refractivity contribution in [2.75, 3.05) is 7.05 Å². The summed E-state index contributed by atoms with van der Waals surface area (Å²) >= 11 is 0. The lowest BCUT2D eigenvalue weighted by Gasteiger charge is -2.12. The van der Waals surface area contributed by atoms with Gasteiger partial charge in [-0.2, -0.15) is 5.10 Å². The predicted molar refractivity (Wildman–Crippen MR) is 80.1 cm³/mol. The van der Waals surface area contributed by atoms with Gasteiger partial charge < -0.3 is 5.32 Å². The highest BCUT2D eigenvalue weighted by Gasteiger charge is 2.18. The van der Waals surface area contributed by atoms with E-state index in [1.165, 1.54) is 6.07 Å². The number of halogens is 1. The van der Waals surface area contributed by atoms with Crippen LogP contribution in [0.3, 0.4) is 0 Å². The number of rotatable bonds is 5. The van der Waals surface area contributed by atoms with E-state index in [-0.39, 0.29) is 5.82 Å². The first-order valence-corrected chi connectivity index (χ1v) is 7.10. The van der Waals surface area contributed by atoms with Gasteiger partial charge in [0.25, 0.3) is 0 Å². The number of aromatic nitrogens is 2. The van der Waals surface area contributed by atoms with Crippen molar-refractivity contribution < 1.29 is 4.39 Å². The van der Waals surface area contributed by atoms with Crippen LogP contribution in [0, 0.1) is 5.82 Å². The quantitative estimate of drug-likeness (QED) is 0.909. The highest BCUT2D eigenvalue weighted by molar-refractivity contribution is 5.72. The van der Waals surface area contributed by atoms with Gasteiger partial charge in [-0.25, -0.2) is 4.39 Å². The van der Waals surface area contributed by atoms with Crippen molar-refractivity contribution in [1.29, 1.82) is 0 Å².